The largest absolute Gasteiger partial charge is 0.456 e. The van der Waals surface area contributed by atoms with Gasteiger partial charge in [-0.3, -0.25) is 0 Å². The van der Waals surface area contributed by atoms with Gasteiger partial charge in [0.1, 0.15) is 11.2 Å². The van der Waals surface area contributed by atoms with E-state index in [1.54, 1.807) is 0 Å². The Morgan fingerprint density at radius 2 is 0.786 bits per heavy atom. The number of nitrogens with zero attached hydrogens (tertiary/aromatic N) is 1. The van der Waals surface area contributed by atoms with Gasteiger partial charge in [0.25, 0.3) is 0 Å². The minimum absolute atomic E-state index is 0.883. The summed E-state index contributed by atoms with van der Waals surface area (Å²) in [5.74, 6) is 0. The minimum Gasteiger partial charge on any atom is -0.456 e. The molecule has 0 aliphatic rings. The topological polar surface area (TPSA) is 16.4 Å². The first-order chi connectivity index (χ1) is 20.8. The van der Waals surface area contributed by atoms with Crippen LogP contribution in [0.1, 0.15) is 0 Å². The summed E-state index contributed by atoms with van der Waals surface area (Å²) in [5, 5.41) is 12.1. The van der Waals surface area contributed by atoms with E-state index in [2.05, 4.69) is 144 Å². The third-order valence-corrected chi connectivity index (χ3v) is 8.59. The molecule has 0 bridgehead atoms. The molecule has 196 valence electrons. The van der Waals surface area contributed by atoms with E-state index in [1.807, 2.05) is 12.1 Å². The maximum Gasteiger partial charge on any atom is 0.137 e. The van der Waals surface area contributed by atoms with Crippen LogP contribution in [0.2, 0.25) is 0 Å². The molecule has 0 fully saturated rings. The molecule has 0 saturated heterocycles. The van der Waals surface area contributed by atoms with E-state index in [-0.39, 0.29) is 0 Å². The van der Waals surface area contributed by atoms with Crippen molar-refractivity contribution in [3.8, 4) is 0 Å². The summed E-state index contributed by atoms with van der Waals surface area (Å²) in [4.78, 5) is 2.43. The normalized spacial score (nSPS) is 11.8. The van der Waals surface area contributed by atoms with Crippen molar-refractivity contribution in [1.82, 2.24) is 0 Å². The first-order valence-corrected chi connectivity index (χ1v) is 14.4. The molecular weight excluding hydrogens is 510 g/mol. The van der Waals surface area contributed by atoms with E-state index in [4.69, 9.17) is 4.42 Å². The van der Waals surface area contributed by atoms with Crippen LogP contribution in [0.25, 0.3) is 65.0 Å². The van der Waals surface area contributed by atoms with E-state index in [9.17, 15) is 0 Å². The van der Waals surface area contributed by atoms with E-state index < -0.39 is 0 Å². The van der Waals surface area contributed by atoms with E-state index in [0.717, 1.165) is 39.0 Å². The van der Waals surface area contributed by atoms with Gasteiger partial charge in [-0.05, 0) is 62.6 Å². The van der Waals surface area contributed by atoms with Gasteiger partial charge in [-0.15, -0.1) is 0 Å². The van der Waals surface area contributed by atoms with Gasteiger partial charge in [-0.1, -0.05) is 115 Å². The second kappa shape index (κ2) is 8.95. The Kier molecular flexibility index (Phi) is 4.93. The zero-order valence-corrected chi connectivity index (χ0v) is 22.8. The number of furan rings is 1. The smallest absolute Gasteiger partial charge is 0.137 e. The van der Waals surface area contributed by atoms with Crippen molar-refractivity contribution in [3.05, 3.63) is 152 Å². The molecule has 2 nitrogen and oxygen atoms in total. The molecule has 0 N–H and O–H groups in total. The average molecular weight is 536 g/mol. The standard InChI is InChI=1S/C40H25NO/c1-3-13-29-26(11-1)23-37(33-17-7-5-15-31(29)33)41(28-21-22-36-35-19-9-10-20-39(35)42-40(36)25-28)38-24-27-12-2-4-14-30(27)32-16-6-8-18-34(32)38/h1-25H. The lowest BCUT2D eigenvalue weighted by Gasteiger charge is -2.29. The van der Waals surface area contributed by atoms with Gasteiger partial charge >= 0.3 is 0 Å². The molecule has 42 heavy (non-hydrogen) atoms. The summed E-state index contributed by atoms with van der Waals surface area (Å²) >= 11 is 0. The van der Waals surface area contributed by atoms with Crippen molar-refractivity contribution in [2.45, 2.75) is 0 Å². The number of benzene rings is 8. The monoisotopic (exact) mass is 535 g/mol. The van der Waals surface area contributed by atoms with E-state index in [1.165, 1.54) is 43.1 Å². The van der Waals surface area contributed by atoms with Crippen molar-refractivity contribution in [3.63, 3.8) is 0 Å². The highest BCUT2D eigenvalue weighted by atomic mass is 16.3. The number of hydrogen-bond donors (Lipinski definition) is 0. The van der Waals surface area contributed by atoms with Gasteiger partial charge in [0, 0.05) is 33.3 Å². The predicted molar refractivity (Wildman–Crippen MR) is 178 cm³/mol. The maximum absolute atomic E-state index is 6.40. The van der Waals surface area contributed by atoms with Crippen molar-refractivity contribution in [2.75, 3.05) is 4.90 Å². The van der Waals surface area contributed by atoms with Crippen molar-refractivity contribution < 1.29 is 4.42 Å². The lowest BCUT2D eigenvalue weighted by molar-refractivity contribution is 0.669. The second-order valence-corrected chi connectivity index (χ2v) is 10.9. The molecular formula is C40H25NO. The lowest BCUT2D eigenvalue weighted by atomic mass is 9.96. The van der Waals surface area contributed by atoms with Crippen molar-refractivity contribution in [2.24, 2.45) is 0 Å². The fourth-order valence-corrected chi connectivity index (χ4v) is 6.70. The SMILES string of the molecule is c1ccc2c(c1)cc(N(c1ccc3c(c1)oc1ccccc13)c1cc3ccccc3c3ccccc13)c1ccccc12. The van der Waals surface area contributed by atoms with Crippen LogP contribution in [0.15, 0.2) is 156 Å². The Labute approximate surface area is 242 Å². The van der Waals surface area contributed by atoms with Crippen LogP contribution in [-0.4, -0.2) is 0 Å². The highest BCUT2D eigenvalue weighted by molar-refractivity contribution is 6.19. The third kappa shape index (κ3) is 3.39. The fourth-order valence-electron chi connectivity index (χ4n) is 6.70. The molecule has 0 radical (unpaired) electrons. The maximum atomic E-state index is 6.40. The minimum atomic E-state index is 0.883. The molecule has 0 unspecified atom stereocenters. The molecule has 0 aliphatic carbocycles. The molecule has 9 aromatic rings. The Morgan fingerprint density at radius 3 is 1.38 bits per heavy atom. The highest BCUT2D eigenvalue weighted by Crippen LogP contribution is 2.46. The zero-order chi connectivity index (χ0) is 27.6. The van der Waals surface area contributed by atoms with E-state index >= 15 is 0 Å². The molecule has 8 aromatic carbocycles. The molecule has 1 aromatic heterocycles. The summed E-state index contributed by atoms with van der Waals surface area (Å²) in [6.45, 7) is 0. The molecule has 0 spiro atoms. The first-order valence-electron chi connectivity index (χ1n) is 14.4. The number of hydrogen-bond acceptors (Lipinski definition) is 2. The average Bonchev–Trinajstić information content (AvgIpc) is 3.43. The molecule has 9 rings (SSSR count). The van der Waals surface area contributed by atoms with Crippen molar-refractivity contribution >= 4 is 82.1 Å². The van der Waals surface area contributed by atoms with Crippen LogP contribution in [0.5, 0.6) is 0 Å². The lowest BCUT2D eigenvalue weighted by Crippen LogP contribution is -2.11. The fraction of sp³-hybridized carbons (Fsp3) is 0. The number of fused-ring (bicyclic) bond motifs is 9. The van der Waals surface area contributed by atoms with Gasteiger partial charge in [0.2, 0.25) is 0 Å². The summed E-state index contributed by atoms with van der Waals surface area (Å²) in [6.07, 6.45) is 0. The Bertz CT molecular complexity index is 2370. The number of para-hydroxylation sites is 1. The number of rotatable bonds is 3. The van der Waals surface area contributed by atoms with Crippen LogP contribution in [-0.2, 0) is 0 Å². The van der Waals surface area contributed by atoms with Crippen LogP contribution >= 0.6 is 0 Å². The first kappa shape index (κ1) is 23.1. The molecule has 2 heteroatoms. The summed E-state index contributed by atoms with van der Waals surface area (Å²) in [7, 11) is 0. The van der Waals surface area contributed by atoms with Gasteiger partial charge in [-0.25, -0.2) is 0 Å². The van der Waals surface area contributed by atoms with Crippen LogP contribution in [0, 0.1) is 0 Å². The summed E-state index contributed by atoms with van der Waals surface area (Å²) < 4.78 is 6.40. The van der Waals surface area contributed by atoms with Crippen LogP contribution in [0.4, 0.5) is 17.1 Å². The van der Waals surface area contributed by atoms with Crippen molar-refractivity contribution in [1.29, 1.82) is 0 Å². The Hall–Kier alpha value is -5.60. The summed E-state index contributed by atoms with van der Waals surface area (Å²) in [5.41, 5.74) is 5.13. The second-order valence-electron chi connectivity index (χ2n) is 10.9. The van der Waals surface area contributed by atoms with Gasteiger partial charge in [0.05, 0.1) is 11.4 Å². The van der Waals surface area contributed by atoms with Crippen LogP contribution in [0.3, 0.4) is 0 Å². The molecule has 0 aliphatic heterocycles. The molecule has 0 saturated carbocycles. The van der Waals surface area contributed by atoms with Gasteiger partial charge < -0.3 is 9.32 Å². The Morgan fingerprint density at radius 1 is 0.333 bits per heavy atom. The quantitative estimate of drug-likeness (QED) is 0.209. The predicted octanol–water partition coefficient (Wildman–Crippen LogP) is 11.7. The molecule has 0 amide bonds. The number of anilines is 3. The van der Waals surface area contributed by atoms with Gasteiger partial charge in [-0.2, -0.15) is 0 Å². The highest BCUT2D eigenvalue weighted by Gasteiger charge is 2.21. The van der Waals surface area contributed by atoms with E-state index in [0.29, 0.717) is 0 Å². The molecule has 1 heterocycles. The van der Waals surface area contributed by atoms with Gasteiger partial charge in [0.15, 0.2) is 0 Å². The zero-order valence-electron chi connectivity index (χ0n) is 22.8. The molecule has 0 atom stereocenters. The Balaban J connectivity index is 1.43. The summed E-state index contributed by atoms with van der Waals surface area (Å²) in [6, 6.07) is 54.4. The van der Waals surface area contributed by atoms with Crippen LogP contribution < -0.4 is 4.90 Å². The third-order valence-electron chi connectivity index (χ3n) is 8.59.